The van der Waals surface area contributed by atoms with Gasteiger partial charge in [-0.15, -0.1) is 0 Å². The molecule has 0 heterocycles. The van der Waals surface area contributed by atoms with Gasteiger partial charge in [0, 0.05) is 18.3 Å². The van der Waals surface area contributed by atoms with E-state index in [2.05, 4.69) is 12.2 Å². The number of nitrogen functional groups attached to an aromatic ring is 1. The minimum Gasteiger partial charge on any atom is -0.493 e. The van der Waals surface area contributed by atoms with E-state index in [1.165, 1.54) is 25.7 Å². The van der Waals surface area contributed by atoms with Crippen LogP contribution in [-0.4, -0.2) is 19.1 Å². The molecule has 1 aliphatic rings. The Morgan fingerprint density at radius 2 is 2.14 bits per heavy atom. The summed E-state index contributed by atoms with van der Waals surface area (Å²) in [5.41, 5.74) is 6.69. The second kappa shape index (κ2) is 7.34. The lowest BCUT2D eigenvalue weighted by molar-refractivity contribution is -0.122. The quantitative estimate of drug-likeness (QED) is 0.758. The van der Waals surface area contributed by atoms with Gasteiger partial charge >= 0.3 is 0 Å². The number of ether oxygens (including phenoxy) is 1. The predicted octanol–water partition coefficient (Wildman–Crippen LogP) is 3.12. The first-order valence-corrected chi connectivity index (χ1v) is 7.89. The van der Waals surface area contributed by atoms with Crippen molar-refractivity contribution in [1.29, 1.82) is 0 Å². The molecule has 1 fully saturated rings. The monoisotopic (exact) mass is 290 g/mol. The predicted molar refractivity (Wildman–Crippen MR) is 85.2 cm³/mol. The van der Waals surface area contributed by atoms with Crippen LogP contribution >= 0.6 is 0 Å². The Morgan fingerprint density at radius 3 is 2.81 bits per heavy atom. The first-order valence-electron chi connectivity index (χ1n) is 7.89. The van der Waals surface area contributed by atoms with E-state index in [1.807, 2.05) is 18.2 Å². The second-order valence-electron chi connectivity index (χ2n) is 6.01. The molecule has 0 aromatic heterocycles. The molecule has 0 bridgehead atoms. The maximum Gasteiger partial charge on any atom is 0.223 e. The van der Waals surface area contributed by atoms with Crippen LogP contribution in [-0.2, 0) is 4.79 Å². The standard InChI is InChI=1S/C17H26N2O2/c1-2-17(9-3-4-10-17)13-19-16(20)8-11-21-15-7-5-6-14(18)12-15/h5-7,12H,2-4,8-11,13,18H2,1H3,(H,19,20). The summed E-state index contributed by atoms with van der Waals surface area (Å²) in [5, 5.41) is 3.07. The van der Waals surface area contributed by atoms with Crippen molar-refractivity contribution in [2.45, 2.75) is 45.4 Å². The fourth-order valence-corrected chi connectivity index (χ4v) is 3.02. The lowest BCUT2D eigenvalue weighted by atomic mass is 9.83. The molecule has 0 atom stereocenters. The third kappa shape index (κ3) is 4.66. The molecule has 1 amide bonds. The van der Waals surface area contributed by atoms with Gasteiger partial charge in [0.15, 0.2) is 0 Å². The van der Waals surface area contributed by atoms with E-state index in [1.54, 1.807) is 6.07 Å². The normalized spacial score (nSPS) is 16.6. The van der Waals surface area contributed by atoms with Crippen LogP contribution in [0.5, 0.6) is 5.75 Å². The van der Waals surface area contributed by atoms with Crippen LogP contribution in [0.3, 0.4) is 0 Å². The number of benzene rings is 1. The van der Waals surface area contributed by atoms with Crippen LogP contribution in [0.25, 0.3) is 0 Å². The number of carbonyl (C=O) groups is 1. The van der Waals surface area contributed by atoms with Crippen LogP contribution < -0.4 is 15.8 Å². The molecule has 4 heteroatoms. The fourth-order valence-electron chi connectivity index (χ4n) is 3.02. The summed E-state index contributed by atoms with van der Waals surface area (Å²) in [5.74, 6) is 0.780. The fraction of sp³-hybridized carbons (Fsp3) is 0.588. The van der Waals surface area contributed by atoms with Crippen molar-refractivity contribution in [3.8, 4) is 5.75 Å². The molecule has 1 aromatic rings. The summed E-state index contributed by atoms with van der Waals surface area (Å²) >= 11 is 0. The molecule has 116 valence electrons. The molecule has 0 unspecified atom stereocenters. The van der Waals surface area contributed by atoms with Gasteiger partial charge in [-0.05, 0) is 36.8 Å². The summed E-state index contributed by atoms with van der Waals surface area (Å²) in [6.45, 7) is 3.41. The smallest absolute Gasteiger partial charge is 0.223 e. The van der Waals surface area contributed by atoms with Crippen LogP contribution in [0, 0.1) is 5.41 Å². The Morgan fingerprint density at radius 1 is 1.38 bits per heavy atom. The third-order valence-electron chi connectivity index (χ3n) is 4.53. The van der Waals surface area contributed by atoms with Crippen molar-refractivity contribution in [2.24, 2.45) is 5.41 Å². The molecule has 1 aromatic carbocycles. The minimum atomic E-state index is 0.0682. The van der Waals surface area contributed by atoms with E-state index in [0.717, 1.165) is 13.0 Å². The number of nitrogens with one attached hydrogen (secondary N) is 1. The molecule has 3 N–H and O–H groups in total. The molecule has 1 saturated carbocycles. The Balaban J connectivity index is 1.68. The summed E-state index contributed by atoms with van der Waals surface area (Å²) in [6.07, 6.45) is 6.60. The number of amides is 1. The molecular formula is C17H26N2O2. The van der Waals surface area contributed by atoms with Crippen LogP contribution in [0.4, 0.5) is 5.69 Å². The topological polar surface area (TPSA) is 64.3 Å². The van der Waals surface area contributed by atoms with Crippen LogP contribution in [0.1, 0.15) is 45.4 Å². The molecule has 0 aliphatic heterocycles. The Kier molecular flexibility index (Phi) is 5.48. The highest BCUT2D eigenvalue weighted by Crippen LogP contribution is 2.40. The van der Waals surface area contributed by atoms with Gasteiger partial charge in [-0.1, -0.05) is 25.8 Å². The van der Waals surface area contributed by atoms with Crippen molar-refractivity contribution in [3.63, 3.8) is 0 Å². The zero-order valence-corrected chi connectivity index (χ0v) is 12.9. The molecule has 0 radical (unpaired) electrons. The summed E-state index contributed by atoms with van der Waals surface area (Å²) in [4.78, 5) is 11.9. The highest BCUT2D eigenvalue weighted by atomic mass is 16.5. The third-order valence-corrected chi connectivity index (χ3v) is 4.53. The lowest BCUT2D eigenvalue weighted by Gasteiger charge is -2.27. The number of carbonyl (C=O) groups excluding carboxylic acids is 1. The maximum atomic E-state index is 11.9. The zero-order chi connectivity index (χ0) is 15.1. The summed E-state index contributed by atoms with van der Waals surface area (Å²) < 4.78 is 5.54. The number of hydrogen-bond donors (Lipinski definition) is 2. The highest BCUT2D eigenvalue weighted by Gasteiger charge is 2.31. The van der Waals surface area contributed by atoms with E-state index in [9.17, 15) is 4.79 Å². The second-order valence-corrected chi connectivity index (χ2v) is 6.01. The van der Waals surface area contributed by atoms with Gasteiger partial charge in [-0.3, -0.25) is 4.79 Å². The van der Waals surface area contributed by atoms with Gasteiger partial charge in [-0.25, -0.2) is 0 Å². The first kappa shape index (κ1) is 15.7. The molecular weight excluding hydrogens is 264 g/mol. The van der Waals surface area contributed by atoms with Gasteiger partial charge < -0.3 is 15.8 Å². The highest BCUT2D eigenvalue weighted by molar-refractivity contribution is 5.76. The lowest BCUT2D eigenvalue weighted by Crippen LogP contribution is -2.36. The molecule has 21 heavy (non-hydrogen) atoms. The van der Waals surface area contributed by atoms with Crippen molar-refractivity contribution in [2.75, 3.05) is 18.9 Å². The van der Waals surface area contributed by atoms with E-state index in [4.69, 9.17) is 10.5 Å². The van der Waals surface area contributed by atoms with Gasteiger partial charge in [-0.2, -0.15) is 0 Å². The average Bonchev–Trinajstić information content (AvgIpc) is 2.95. The minimum absolute atomic E-state index is 0.0682. The van der Waals surface area contributed by atoms with E-state index in [-0.39, 0.29) is 5.91 Å². The SMILES string of the molecule is CCC1(CNC(=O)CCOc2cccc(N)c2)CCCC1. The van der Waals surface area contributed by atoms with E-state index >= 15 is 0 Å². The number of anilines is 1. The van der Waals surface area contributed by atoms with E-state index < -0.39 is 0 Å². The number of hydrogen-bond acceptors (Lipinski definition) is 3. The van der Waals surface area contributed by atoms with Gasteiger partial charge in [0.05, 0.1) is 13.0 Å². The summed E-state index contributed by atoms with van der Waals surface area (Å²) in [6, 6.07) is 7.27. The maximum absolute atomic E-state index is 11.9. The molecule has 2 rings (SSSR count). The van der Waals surface area contributed by atoms with Crippen LogP contribution in [0.15, 0.2) is 24.3 Å². The zero-order valence-electron chi connectivity index (χ0n) is 12.9. The van der Waals surface area contributed by atoms with E-state index in [0.29, 0.717) is 29.9 Å². The average molecular weight is 290 g/mol. The molecule has 0 saturated heterocycles. The van der Waals surface area contributed by atoms with Crippen molar-refractivity contribution in [3.05, 3.63) is 24.3 Å². The Labute approximate surface area is 127 Å². The van der Waals surface area contributed by atoms with Crippen molar-refractivity contribution < 1.29 is 9.53 Å². The summed E-state index contributed by atoms with van der Waals surface area (Å²) in [7, 11) is 0. The largest absolute Gasteiger partial charge is 0.493 e. The van der Waals surface area contributed by atoms with Crippen molar-refractivity contribution >= 4 is 11.6 Å². The number of nitrogens with two attached hydrogens (primary N) is 1. The molecule has 0 spiro atoms. The van der Waals surface area contributed by atoms with Crippen molar-refractivity contribution in [1.82, 2.24) is 5.32 Å². The molecule has 1 aliphatic carbocycles. The van der Waals surface area contributed by atoms with Gasteiger partial charge in [0.2, 0.25) is 5.91 Å². The molecule has 4 nitrogen and oxygen atoms in total. The van der Waals surface area contributed by atoms with Gasteiger partial charge in [0.1, 0.15) is 5.75 Å². The first-order chi connectivity index (χ1) is 10.1. The van der Waals surface area contributed by atoms with Crippen LogP contribution in [0.2, 0.25) is 0 Å². The van der Waals surface area contributed by atoms with Gasteiger partial charge in [0.25, 0.3) is 0 Å². The Hall–Kier alpha value is -1.71. The Bertz CT molecular complexity index is 468. The number of rotatable bonds is 7.